The third-order valence-corrected chi connectivity index (χ3v) is 19.9. The summed E-state index contributed by atoms with van der Waals surface area (Å²) in [6, 6.07) is -1.03. The largest absolute Gasteiger partial charge is 0.394 e. The number of carbonyl (C=O) groups excluding carboxylic acids is 1. The molecule has 0 aromatic heterocycles. The number of hydrogen-bond acceptors (Lipinski definition) is 18. The third-order valence-electron chi connectivity index (χ3n) is 19.9. The number of amides is 1. The Kier molecular flexibility index (Phi) is 60.9. The molecular formula is C89H149NO18. The number of aliphatic hydroxyl groups excluding tert-OH is 11. The van der Waals surface area contributed by atoms with Crippen LogP contribution in [0.4, 0.5) is 0 Å². The number of nitrogens with one attached hydrogen (secondary N) is 1. The first-order chi connectivity index (χ1) is 52.8. The summed E-state index contributed by atoms with van der Waals surface area (Å²) in [5, 5.41) is 121. The molecule has 0 saturated carbocycles. The first-order valence-electron chi connectivity index (χ1n) is 42.1. The van der Waals surface area contributed by atoms with Crippen molar-refractivity contribution in [2.24, 2.45) is 0 Å². The molecule has 17 atom stereocenters. The Bertz CT molecular complexity index is 2520. The molecule has 3 aliphatic heterocycles. The van der Waals surface area contributed by atoms with Crippen LogP contribution in [0.25, 0.3) is 0 Å². The molecule has 12 N–H and O–H groups in total. The summed E-state index contributed by atoms with van der Waals surface area (Å²) in [6.07, 6.45) is 71.3. The molecule has 0 spiro atoms. The van der Waals surface area contributed by atoms with Crippen LogP contribution in [0.2, 0.25) is 0 Å². The summed E-state index contributed by atoms with van der Waals surface area (Å²) in [5.74, 6) is -0.331. The highest BCUT2D eigenvalue weighted by atomic mass is 16.8. The molecule has 19 heteroatoms. The summed E-state index contributed by atoms with van der Waals surface area (Å²) in [6.45, 7) is 1.58. The van der Waals surface area contributed by atoms with E-state index in [1.165, 1.54) is 148 Å². The van der Waals surface area contributed by atoms with Crippen molar-refractivity contribution in [1.82, 2.24) is 5.32 Å². The van der Waals surface area contributed by atoms with Crippen molar-refractivity contribution in [1.29, 1.82) is 0 Å². The fraction of sp³-hybridized carbons (Fsp3) is 0.719. The molecule has 0 radical (unpaired) electrons. The SMILES string of the molecule is CC/C=C\C/C=C\C/C=C\C/C=C\C/C=C\C/C=C\C/C=C\C/C=C\C/C=C\C/C=C\CCCCC(=O)NC(COC1OC(CO)C(OC2OC(CO)C(OC3OC(CO)C(O)C(O)C3O)C(O)C2O)C(O)C1O)C(O)/C=C/CC/C=C/CCCCCCCCCCCCCCCCCCCCCCCCCC. The summed E-state index contributed by atoms with van der Waals surface area (Å²) in [4.78, 5) is 13.5. The van der Waals surface area contributed by atoms with E-state index in [0.717, 1.165) is 96.3 Å². The minimum absolute atomic E-state index is 0.170. The van der Waals surface area contributed by atoms with Gasteiger partial charge in [-0.1, -0.05) is 307 Å². The van der Waals surface area contributed by atoms with Gasteiger partial charge in [-0.2, -0.15) is 0 Å². The molecule has 3 saturated heterocycles. The molecule has 3 heterocycles. The van der Waals surface area contributed by atoms with E-state index in [2.05, 4.69) is 153 Å². The molecule has 0 aliphatic carbocycles. The number of rotatable bonds is 65. The quantitative estimate of drug-likeness (QED) is 0.0199. The Morgan fingerprint density at radius 1 is 0.343 bits per heavy atom. The zero-order valence-corrected chi connectivity index (χ0v) is 66.3. The number of ether oxygens (including phenoxy) is 6. The van der Waals surface area contributed by atoms with Gasteiger partial charge in [-0.05, 0) is 109 Å². The number of allylic oxidation sites excluding steroid dienone is 23. The van der Waals surface area contributed by atoms with Gasteiger partial charge in [-0.3, -0.25) is 4.79 Å². The van der Waals surface area contributed by atoms with E-state index >= 15 is 0 Å². The lowest BCUT2D eigenvalue weighted by atomic mass is 9.96. The molecule has 17 unspecified atom stereocenters. The monoisotopic (exact) mass is 1520 g/mol. The topological polar surface area (TPSA) is 307 Å². The molecule has 3 aliphatic rings. The van der Waals surface area contributed by atoms with E-state index in [1.54, 1.807) is 6.08 Å². The van der Waals surface area contributed by atoms with Gasteiger partial charge >= 0.3 is 0 Å². The predicted molar refractivity (Wildman–Crippen MR) is 433 cm³/mol. The van der Waals surface area contributed by atoms with Crippen LogP contribution in [0.1, 0.15) is 277 Å². The molecule has 19 nitrogen and oxygen atoms in total. The van der Waals surface area contributed by atoms with Crippen molar-refractivity contribution in [3.63, 3.8) is 0 Å². The van der Waals surface area contributed by atoms with Crippen LogP contribution < -0.4 is 5.32 Å². The standard InChI is InChI=1S/C89H149NO18/c1-3-5-7-9-11-13-15-17-19-21-23-25-27-29-31-33-35-36-37-39-41-43-45-47-49-51-53-55-57-59-61-63-65-67-77(95)90-72(73(94)66-64-62-60-58-56-54-52-50-48-46-44-42-40-38-34-32-30-28-26-24-22-20-18-16-14-12-10-8-6-4-2)71-103-87-83(101)80(98)85(75(69-92)105-87)108-89-84(102)81(99)86(76(70-93)106-89)107-88-82(100)79(97)78(96)74(68-91)104-88/h5,7,11,13,17,19,23,25,29,31,35-36,39,41,45,47,51,53,56-59,64,66,72-76,78-89,91-94,96-102H,3-4,6,8-10,12,14-16,18,20-22,24,26-28,30,32-34,37-38,40,42-44,46,48-50,52,54-55,60-63,65,67-71H2,1-2H3,(H,90,95)/b7-5-,13-11-,19-17-,25-23-,31-29-,36-35-,41-39-,47-45-,53-51-,58-56+,59-57-,66-64+. The fourth-order valence-electron chi connectivity index (χ4n) is 13.2. The molecule has 1 amide bonds. The minimum Gasteiger partial charge on any atom is -0.394 e. The van der Waals surface area contributed by atoms with E-state index in [4.69, 9.17) is 28.4 Å². The zero-order valence-electron chi connectivity index (χ0n) is 66.3. The van der Waals surface area contributed by atoms with Gasteiger partial charge < -0.3 is 89.9 Å². The molecule has 618 valence electrons. The number of aliphatic hydroxyl groups is 11. The summed E-state index contributed by atoms with van der Waals surface area (Å²) < 4.78 is 34.4. The molecule has 3 fully saturated rings. The lowest BCUT2D eigenvalue weighted by molar-refractivity contribution is -0.379. The van der Waals surface area contributed by atoms with E-state index in [-0.39, 0.29) is 12.3 Å². The average molecular weight is 1520 g/mol. The van der Waals surface area contributed by atoms with Crippen LogP contribution in [-0.2, 0) is 33.2 Å². The third kappa shape index (κ3) is 46.0. The highest BCUT2D eigenvalue weighted by molar-refractivity contribution is 5.76. The summed E-state index contributed by atoms with van der Waals surface area (Å²) in [7, 11) is 0. The highest BCUT2D eigenvalue weighted by Crippen LogP contribution is 2.33. The van der Waals surface area contributed by atoms with Gasteiger partial charge in [-0.25, -0.2) is 0 Å². The smallest absolute Gasteiger partial charge is 0.220 e. The minimum atomic E-state index is -1.99. The first-order valence-corrected chi connectivity index (χ1v) is 42.1. The molecule has 3 rings (SSSR count). The lowest BCUT2D eigenvalue weighted by Gasteiger charge is -2.48. The zero-order chi connectivity index (χ0) is 78.1. The Labute approximate surface area is 651 Å². The van der Waals surface area contributed by atoms with E-state index in [1.807, 2.05) is 6.08 Å². The van der Waals surface area contributed by atoms with Crippen LogP contribution >= 0.6 is 0 Å². The Morgan fingerprint density at radius 3 is 1.04 bits per heavy atom. The maximum absolute atomic E-state index is 13.5. The van der Waals surface area contributed by atoms with Crippen molar-refractivity contribution in [2.75, 3.05) is 26.4 Å². The van der Waals surface area contributed by atoms with Crippen molar-refractivity contribution in [3.05, 3.63) is 146 Å². The van der Waals surface area contributed by atoms with Crippen LogP contribution in [-0.4, -0.2) is 193 Å². The maximum Gasteiger partial charge on any atom is 0.220 e. The van der Waals surface area contributed by atoms with Crippen LogP contribution in [0.5, 0.6) is 0 Å². The lowest BCUT2D eigenvalue weighted by Crippen LogP contribution is -2.66. The maximum atomic E-state index is 13.5. The van der Waals surface area contributed by atoms with Gasteiger partial charge in [0.25, 0.3) is 0 Å². The molecular weight excluding hydrogens is 1370 g/mol. The molecule has 0 bridgehead atoms. The van der Waals surface area contributed by atoms with Gasteiger partial charge in [0.1, 0.15) is 73.2 Å². The van der Waals surface area contributed by atoms with Crippen molar-refractivity contribution < 1.29 is 89.4 Å². The highest BCUT2D eigenvalue weighted by Gasteiger charge is 2.54. The Balaban J connectivity index is 1.40. The van der Waals surface area contributed by atoms with Gasteiger partial charge in [0.2, 0.25) is 5.91 Å². The second-order valence-corrected chi connectivity index (χ2v) is 29.2. The van der Waals surface area contributed by atoms with Gasteiger partial charge in [-0.15, -0.1) is 0 Å². The normalized spacial score (nSPS) is 26.2. The van der Waals surface area contributed by atoms with Crippen molar-refractivity contribution in [3.8, 4) is 0 Å². The Morgan fingerprint density at radius 2 is 0.648 bits per heavy atom. The van der Waals surface area contributed by atoms with E-state index in [0.29, 0.717) is 12.8 Å². The number of unbranched alkanes of at least 4 members (excludes halogenated alkanes) is 27. The second kappa shape index (κ2) is 67.2. The number of carbonyl (C=O) groups is 1. The van der Waals surface area contributed by atoms with Gasteiger partial charge in [0.05, 0.1) is 38.6 Å². The Hall–Kier alpha value is -4.33. The molecule has 0 aromatic rings. The van der Waals surface area contributed by atoms with Crippen LogP contribution in [0, 0.1) is 0 Å². The van der Waals surface area contributed by atoms with Crippen molar-refractivity contribution in [2.45, 2.75) is 381 Å². The predicted octanol–water partition coefficient (Wildman–Crippen LogP) is 15.0. The van der Waals surface area contributed by atoms with Crippen molar-refractivity contribution >= 4 is 5.91 Å². The fourth-order valence-corrected chi connectivity index (χ4v) is 13.2. The van der Waals surface area contributed by atoms with Crippen LogP contribution in [0.3, 0.4) is 0 Å². The second-order valence-electron chi connectivity index (χ2n) is 29.2. The average Bonchev–Trinajstić information content (AvgIpc) is 0.779. The van der Waals surface area contributed by atoms with E-state index in [9.17, 15) is 61.0 Å². The summed E-state index contributed by atoms with van der Waals surface area (Å²) in [5.41, 5.74) is 0. The van der Waals surface area contributed by atoms with E-state index < -0.39 is 131 Å². The van der Waals surface area contributed by atoms with Gasteiger partial charge in [0, 0.05) is 6.42 Å². The number of hydrogen-bond donors (Lipinski definition) is 12. The molecule has 108 heavy (non-hydrogen) atoms. The van der Waals surface area contributed by atoms with Crippen LogP contribution in [0.15, 0.2) is 146 Å². The van der Waals surface area contributed by atoms with Gasteiger partial charge in [0.15, 0.2) is 18.9 Å². The summed E-state index contributed by atoms with van der Waals surface area (Å²) >= 11 is 0. The molecule has 0 aromatic carbocycles. The first kappa shape index (κ1) is 97.9.